The Kier molecular flexibility index (Phi) is 4.88. The van der Waals surface area contributed by atoms with Crippen molar-refractivity contribution in [2.45, 2.75) is 13.3 Å². The first-order valence-corrected chi connectivity index (χ1v) is 6.80. The van der Waals surface area contributed by atoms with Crippen molar-refractivity contribution in [2.24, 2.45) is 0 Å². The Morgan fingerprint density at radius 2 is 2.00 bits per heavy atom. The van der Waals surface area contributed by atoms with Gasteiger partial charge in [0, 0.05) is 11.8 Å². The second kappa shape index (κ2) is 6.85. The molecule has 0 radical (unpaired) electrons. The molecule has 0 saturated carbocycles. The van der Waals surface area contributed by atoms with E-state index < -0.39 is 0 Å². The monoisotopic (exact) mass is 301 g/mol. The van der Waals surface area contributed by atoms with Crippen LogP contribution in [0.2, 0.25) is 0 Å². The van der Waals surface area contributed by atoms with Crippen molar-refractivity contribution in [3.63, 3.8) is 0 Å². The van der Waals surface area contributed by atoms with E-state index >= 15 is 0 Å². The summed E-state index contributed by atoms with van der Waals surface area (Å²) in [7, 11) is 3.16. The predicted molar refractivity (Wildman–Crippen MR) is 84.7 cm³/mol. The van der Waals surface area contributed by atoms with E-state index in [-0.39, 0.29) is 12.2 Å². The van der Waals surface area contributed by atoms with Crippen LogP contribution in [0.1, 0.15) is 22.7 Å². The highest BCUT2D eigenvalue weighted by atomic mass is 16.5. The lowest BCUT2D eigenvalue weighted by Gasteiger charge is -2.13. The van der Waals surface area contributed by atoms with Crippen molar-refractivity contribution in [1.29, 1.82) is 0 Å². The average Bonchev–Trinajstić information content (AvgIpc) is 2.94. The van der Waals surface area contributed by atoms with Crippen LogP contribution >= 0.6 is 0 Å². The number of nitrogens with one attached hydrogen (secondary N) is 1. The van der Waals surface area contributed by atoms with E-state index in [1.807, 2.05) is 6.07 Å². The Bertz CT molecular complexity index is 688. The van der Waals surface area contributed by atoms with Gasteiger partial charge in [-0.1, -0.05) is 6.58 Å². The van der Waals surface area contributed by atoms with Gasteiger partial charge in [0.1, 0.15) is 17.3 Å². The van der Waals surface area contributed by atoms with Crippen LogP contribution in [0.15, 0.2) is 47.0 Å². The average molecular weight is 301 g/mol. The third-order valence-corrected chi connectivity index (χ3v) is 3.11. The summed E-state index contributed by atoms with van der Waals surface area (Å²) < 4.78 is 15.8. The van der Waals surface area contributed by atoms with E-state index in [1.165, 1.54) is 0 Å². The largest absolute Gasteiger partial charge is 0.497 e. The quantitative estimate of drug-likeness (QED) is 0.788. The Labute approximate surface area is 129 Å². The fourth-order valence-electron chi connectivity index (χ4n) is 2.00. The molecule has 0 unspecified atom stereocenters. The van der Waals surface area contributed by atoms with E-state index in [4.69, 9.17) is 13.9 Å². The van der Waals surface area contributed by atoms with Gasteiger partial charge in [0.05, 0.1) is 26.3 Å². The van der Waals surface area contributed by atoms with E-state index in [2.05, 4.69) is 11.9 Å². The number of ether oxygens (including phenoxy) is 2. The highest BCUT2D eigenvalue weighted by Crippen LogP contribution is 2.30. The third kappa shape index (κ3) is 3.69. The van der Waals surface area contributed by atoms with Gasteiger partial charge >= 0.3 is 0 Å². The first-order valence-electron chi connectivity index (χ1n) is 6.80. The number of ketones is 1. The summed E-state index contributed by atoms with van der Waals surface area (Å²) in [5, 5.41) is 3.08. The van der Waals surface area contributed by atoms with Gasteiger partial charge in [-0.2, -0.15) is 0 Å². The van der Waals surface area contributed by atoms with Crippen molar-refractivity contribution < 1.29 is 18.7 Å². The molecular weight excluding hydrogens is 282 g/mol. The molecule has 2 rings (SSSR count). The Morgan fingerprint density at radius 3 is 2.59 bits per heavy atom. The summed E-state index contributed by atoms with van der Waals surface area (Å²) >= 11 is 0. The number of Topliss-reactive ketones (excluding diaryl/α,β-unsaturated/α-hetero) is 1. The maximum absolute atomic E-state index is 12.1. The molecule has 0 aliphatic heterocycles. The molecule has 1 aromatic carbocycles. The zero-order chi connectivity index (χ0) is 16.1. The van der Waals surface area contributed by atoms with E-state index in [1.54, 1.807) is 45.4 Å². The molecule has 0 aliphatic carbocycles. The fraction of sp³-hybridized carbons (Fsp3) is 0.235. The van der Waals surface area contributed by atoms with Crippen molar-refractivity contribution in [3.05, 3.63) is 54.1 Å². The SMILES string of the molecule is C=C(CC(=O)c1ccc(C)o1)Nc1ccc(OC)cc1OC. The molecule has 0 saturated heterocycles. The van der Waals surface area contributed by atoms with Gasteiger partial charge in [0.25, 0.3) is 0 Å². The number of methoxy groups -OCH3 is 2. The summed E-state index contributed by atoms with van der Waals surface area (Å²) in [6.07, 6.45) is 0.141. The highest BCUT2D eigenvalue weighted by molar-refractivity contribution is 5.95. The normalized spacial score (nSPS) is 10.1. The second-order valence-electron chi connectivity index (χ2n) is 4.81. The van der Waals surface area contributed by atoms with Gasteiger partial charge in [0.15, 0.2) is 5.76 Å². The summed E-state index contributed by atoms with van der Waals surface area (Å²) in [6.45, 7) is 5.68. The van der Waals surface area contributed by atoms with E-state index in [0.29, 0.717) is 28.7 Å². The van der Waals surface area contributed by atoms with Crippen LogP contribution < -0.4 is 14.8 Å². The molecule has 5 nitrogen and oxygen atoms in total. The maximum atomic E-state index is 12.1. The summed E-state index contributed by atoms with van der Waals surface area (Å²) in [5.74, 6) is 2.22. The Balaban J connectivity index is 2.04. The number of allylic oxidation sites excluding steroid dienone is 1. The number of hydrogen-bond acceptors (Lipinski definition) is 5. The minimum Gasteiger partial charge on any atom is -0.497 e. The molecule has 0 amide bonds. The maximum Gasteiger partial charge on any atom is 0.203 e. The number of benzene rings is 1. The van der Waals surface area contributed by atoms with Gasteiger partial charge in [0.2, 0.25) is 5.78 Å². The topological polar surface area (TPSA) is 60.7 Å². The molecule has 0 bridgehead atoms. The van der Waals surface area contributed by atoms with Crippen LogP contribution in [0.4, 0.5) is 5.69 Å². The van der Waals surface area contributed by atoms with Crippen molar-refractivity contribution in [2.75, 3.05) is 19.5 Å². The van der Waals surface area contributed by atoms with Crippen molar-refractivity contribution in [3.8, 4) is 11.5 Å². The molecule has 1 N–H and O–H groups in total. The molecule has 0 spiro atoms. The van der Waals surface area contributed by atoms with Crippen LogP contribution in [0, 0.1) is 6.92 Å². The lowest BCUT2D eigenvalue weighted by Crippen LogP contribution is -2.06. The first kappa shape index (κ1) is 15.7. The lowest BCUT2D eigenvalue weighted by molar-refractivity contribution is 0.0965. The van der Waals surface area contributed by atoms with Crippen LogP contribution in [0.5, 0.6) is 11.5 Å². The molecule has 0 atom stereocenters. The Morgan fingerprint density at radius 1 is 1.23 bits per heavy atom. The third-order valence-electron chi connectivity index (χ3n) is 3.11. The number of anilines is 1. The second-order valence-corrected chi connectivity index (χ2v) is 4.81. The molecular formula is C17H19NO4. The smallest absolute Gasteiger partial charge is 0.203 e. The molecule has 2 aromatic rings. The highest BCUT2D eigenvalue weighted by Gasteiger charge is 2.13. The number of carbonyl (C=O) groups excluding carboxylic acids is 1. The van der Waals surface area contributed by atoms with Gasteiger partial charge in [-0.15, -0.1) is 0 Å². The zero-order valence-electron chi connectivity index (χ0n) is 12.9. The molecule has 116 valence electrons. The van der Waals surface area contributed by atoms with Crippen LogP contribution in [-0.4, -0.2) is 20.0 Å². The van der Waals surface area contributed by atoms with E-state index in [9.17, 15) is 4.79 Å². The molecule has 1 aromatic heterocycles. The molecule has 0 aliphatic rings. The number of rotatable bonds is 7. The molecule has 0 fully saturated rings. The molecule has 1 heterocycles. The number of carbonyl (C=O) groups is 1. The van der Waals surface area contributed by atoms with Gasteiger partial charge < -0.3 is 19.2 Å². The molecule has 22 heavy (non-hydrogen) atoms. The Hall–Kier alpha value is -2.69. The first-order chi connectivity index (χ1) is 10.5. The van der Waals surface area contributed by atoms with Crippen LogP contribution in [-0.2, 0) is 0 Å². The predicted octanol–water partition coefficient (Wildman–Crippen LogP) is 3.80. The zero-order valence-corrected chi connectivity index (χ0v) is 12.9. The van der Waals surface area contributed by atoms with E-state index in [0.717, 1.165) is 5.69 Å². The van der Waals surface area contributed by atoms with Gasteiger partial charge in [-0.05, 0) is 31.2 Å². The standard InChI is InChI=1S/C17H19NO4/c1-11(9-15(19)16-8-5-12(2)22-16)18-14-7-6-13(20-3)10-17(14)21-4/h5-8,10,18H,1,9H2,2-4H3. The number of furan rings is 1. The van der Waals surface area contributed by atoms with Crippen LogP contribution in [0.3, 0.4) is 0 Å². The van der Waals surface area contributed by atoms with Gasteiger partial charge in [-0.3, -0.25) is 4.79 Å². The fourth-order valence-corrected chi connectivity index (χ4v) is 2.00. The minimum absolute atomic E-state index is 0.127. The summed E-state index contributed by atoms with van der Waals surface area (Å²) in [4.78, 5) is 12.1. The minimum atomic E-state index is -0.127. The molecule has 5 heteroatoms. The summed E-state index contributed by atoms with van der Waals surface area (Å²) in [6, 6.07) is 8.79. The summed E-state index contributed by atoms with van der Waals surface area (Å²) in [5.41, 5.74) is 1.28. The lowest BCUT2D eigenvalue weighted by atomic mass is 10.2. The number of hydrogen-bond donors (Lipinski definition) is 1. The number of aryl methyl sites for hydroxylation is 1. The van der Waals surface area contributed by atoms with Crippen molar-refractivity contribution >= 4 is 11.5 Å². The van der Waals surface area contributed by atoms with Crippen LogP contribution in [0.25, 0.3) is 0 Å². The van der Waals surface area contributed by atoms with Crippen molar-refractivity contribution in [1.82, 2.24) is 0 Å². The van der Waals surface area contributed by atoms with Gasteiger partial charge in [-0.25, -0.2) is 0 Å².